The summed E-state index contributed by atoms with van der Waals surface area (Å²) in [5.41, 5.74) is 2.05. The molecule has 4 heteroatoms. The molecule has 0 amide bonds. The Morgan fingerprint density at radius 1 is 1.18 bits per heavy atom. The molecule has 2 aromatic carbocycles. The molecule has 0 fully saturated rings. The van der Waals surface area contributed by atoms with Crippen molar-refractivity contribution in [3.05, 3.63) is 76.7 Å². The van der Waals surface area contributed by atoms with Crippen LogP contribution in [0, 0.1) is 5.82 Å². The number of carbonyl (C=O) groups is 1. The number of hydrogen-bond donors (Lipinski definition) is 1. The van der Waals surface area contributed by atoms with E-state index in [0.717, 1.165) is 0 Å². The van der Waals surface area contributed by atoms with Gasteiger partial charge in [-0.25, -0.2) is 4.39 Å². The fourth-order valence-corrected chi connectivity index (χ4v) is 2.10. The van der Waals surface area contributed by atoms with Crippen LogP contribution in [0.3, 0.4) is 0 Å². The SMILES string of the molecule is CC(C)c1ccc(C(=O)C=CNc2ccc(Cl)cc2F)cc1. The minimum Gasteiger partial charge on any atom is -0.359 e. The van der Waals surface area contributed by atoms with E-state index in [2.05, 4.69) is 19.2 Å². The summed E-state index contributed by atoms with van der Waals surface area (Å²) in [5.74, 6) is -0.183. The Hall–Kier alpha value is -2.13. The Kier molecular flexibility index (Phi) is 5.34. The molecule has 2 nitrogen and oxygen atoms in total. The van der Waals surface area contributed by atoms with Crippen LogP contribution in [0.1, 0.15) is 35.7 Å². The summed E-state index contributed by atoms with van der Waals surface area (Å²) < 4.78 is 13.6. The van der Waals surface area contributed by atoms with Gasteiger partial charge in [0.25, 0.3) is 0 Å². The van der Waals surface area contributed by atoms with E-state index in [1.165, 1.54) is 30.0 Å². The number of allylic oxidation sites excluding steroid dienone is 1. The summed E-state index contributed by atoms with van der Waals surface area (Å²) in [6.07, 6.45) is 2.80. The second-order valence-electron chi connectivity index (χ2n) is 5.24. The van der Waals surface area contributed by atoms with Crippen LogP contribution >= 0.6 is 11.6 Å². The maximum absolute atomic E-state index is 13.6. The van der Waals surface area contributed by atoms with Crippen LogP contribution in [-0.2, 0) is 0 Å². The fraction of sp³-hybridized carbons (Fsp3) is 0.167. The van der Waals surface area contributed by atoms with E-state index in [-0.39, 0.29) is 11.5 Å². The second kappa shape index (κ2) is 7.23. The topological polar surface area (TPSA) is 29.1 Å². The molecule has 0 unspecified atom stereocenters. The maximum atomic E-state index is 13.6. The number of benzene rings is 2. The third kappa shape index (κ3) is 4.18. The van der Waals surface area contributed by atoms with Crippen molar-refractivity contribution in [3.8, 4) is 0 Å². The van der Waals surface area contributed by atoms with E-state index in [1.807, 2.05) is 12.1 Å². The van der Waals surface area contributed by atoms with E-state index >= 15 is 0 Å². The second-order valence-corrected chi connectivity index (χ2v) is 5.68. The van der Waals surface area contributed by atoms with Crippen molar-refractivity contribution in [1.82, 2.24) is 0 Å². The first-order valence-electron chi connectivity index (χ1n) is 7.00. The molecule has 0 aromatic heterocycles. The number of halogens is 2. The van der Waals surface area contributed by atoms with Gasteiger partial charge in [0, 0.05) is 22.9 Å². The Balaban J connectivity index is 2.02. The summed E-state index contributed by atoms with van der Waals surface area (Å²) in [6, 6.07) is 11.8. The molecule has 2 aromatic rings. The van der Waals surface area contributed by atoms with E-state index in [0.29, 0.717) is 16.5 Å². The lowest BCUT2D eigenvalue weighted by atomic mass is 10.0. The van der Waals surface area contributed by atoms with Gasteiger partial charge in [-0.2, -0.15) is 0 Å². The lowest BCUT2D eigenvalue weighted by molar-refractivity contribution is 0.104. The highest BCUT2D eigenvalue weighted by atomic mass is 35.5. The van der Waals surface area contributed by atoms with Gasteiger partial charge in [0.2, 0.25) is 0 Å². The van der Waals surface area contributed by atoms with E-state index in [4.69, 9.17) is 11.6 Å². The Morgan fingerprint density at radius 2 is 1.86 bits per heavy atom. The van der Waals surface area contributed by atoms with Gasteiger partial charge in [-0.1, -0.05) is 49.7 Å². The van der Waals surface area contributed by atoms with Gasteiger partial charge in [0.1, 0.15) is 5.82 Å². The van der Waals surface area contributed by atoms with Gasteiger partial charge in [-0.05, 0) is 29.7 Å². The van der Waals surface area contributed by atoms with Gasteiger partial charge < -0.3 is 5.32 Å². The summed E-state index contributed by atoms with van der Waals surface area (Å²) in [7, 11) is 0. The van der Waals surface area contributed by atoms with Gasteiger partial charge in [-0.15, -0.1) is 0 Å². The average Bonchev–Trinajstić information content (AvgIpc) is 2.49. The fourth-order valence-electron chi connectivity index (χ4n) is 1.94. The third-order valence-corrected chi connectivity index (χ3v) is 3.50. The number of anilines is 1. The number of nitrogens with one attached hydrogen (secondary N) is 1. The van der Waals surface area contributed by atoms with E-state index < -0.39 is 5.82 Å². The monoisotopic (exact) mass is 317 g/mol. The average molecular weight is 318 g/mol. The highest BCUT2D eigenvalue weighted by Crippen LogP contribution is 2.19. The molecule has 0 aliphatic carbocycles. The lowest BCUT2D eigenvalue weighted by Crippen LogP contribution is -1.98. The summed E-state index contributed by atoms with van der Waals surface area (Å²) >= 11 is 5.68. The van der Waals surface area contributed by atoms with Crippen LogP contribution in [-0.4, -0.2) is 5.78 Å². The molecule has 0 aliphatic rings. The quantitative estimate of drug-likeness (QED) is 0.590. The highest BCUT2D eigenvalue weighted by molar-refractivity contribution is 6.30. The third-order valence-electron chi connectivity index (χ3n) is 3.27. The molecule has 114 valence electrons. The molecule has 0 heterocycles. The first-order chi connectivity index (χ1) is 10.5. The molecular weight excluding hydrogens is 301 g/mol. The molecule has 2 rings (SSSR count). The molecule has 0 radical (unpaired) electrons. The summed E-state index contributed by atoms with van der Waals surface area (Å²) in [6.45, 7) is 4.20. The van der Waals surface area contributed by atoms with Crippen LogP contribution < -0.4 is 5.32 Å². The lowest BCUT2D eigenvalue weighted by Gasteiger charge is -2.05. The summed E-state index contributed by atoms with van der Waals surface area (Å²) in [5, 5.41) is 3.06. The van der Waals surface area contributed by atoms with Gasteiger partial charge in [-0.3, -0.25) is 4.79 Å². The smallest absolute Gasteiger partial charge is 0.187 e. The zero-order valence-electron chi connectivity index (χ0n) is 12.4. The predicted molar refractivity (Wildman–Crippen MR) is 89.0 cm³/mol. The predicted octanol–water partition coefficient (Wildman–Crippen LogP) is 5.41. The standard InChI is InChI=1S/C18H17ClFNO/c1-12(2)13-3-5-14(6-4-13)18(22)9-10-21-17-8-7-15(19)11-16(17)20/h3-12,21H,1-2H3. The molecular formula is C18H17ClFNO. The van der Waals surface area contributed by atoms with Crippen LogP contribution in [0.4, 0.5) is 10.1 Å². The van der Waals surface area contributed by atoms with Crippen molar-refractivity contribution < 1.29 is 9.18 Å². The van der Waals surface area contributed by atoms with E-state index in [9.17, 15) is 9.18 Å². The molecule has 0 atom stereocenters. The zero-order chi connectivity index (χ0) is 16.1. The van der Waals surface area contributed by atoms with Crippen LogP contribution in [0.15, 0.2) is 54.7 Å². The van der Waals surface area contributed by atoms with Crippen molar-refractivity contribution in [2.45, 2.75) is 19.8 Å². The van der Waals surface area contributed by atoms with Crippen LogP contribution in [0.2, 0.25) is 5.02 Å². The Labute approximate surface area is 134 Å². The van der Waals surface area contributed by atoms with Gasteiger partial charge in [0.05, 0.1) is 5.69 Å². The van der Waals surface area contributed by atoms with Crippen molar-refractivity contribution >= 4 is 23.1 Å². The van der Waals surface area contributed by atoms with E-state index in [1.54, 1.807) is 18.2 Å². The van der Waals surface area contributed by atoms with Crippen LogP contribution in [0.25, 0.3) is 0 Å². The number of ketones is 1. The molecule has 0 spiro atoms. The number of rotatable bonds is 5. The van der Waals surface area contributed by atoms with Crippen molar-refractivity contribution in [1.29, 1.82) is 0 Å². The Bertz CT molecular complexity index is 693. The van der Waals surface area contributed by atoms with Gasteiger partial charge >= 0.3 is 0 Å². The molecule has 0 saturated heterocycles. The normalized spacial score (nSPS) is 11.1. The first-order valence-corrected chi connectivity index (χ1v) is 7.37. The van der Waals surface area contributed by atoms with Crippen LogP contribution in [0.5, 0.6) is 0 Å². The number of carbonyl (C=O) groups excluding carboxylic acids is 1. The minimum absolute atomic E-state index is 0.142. The van der Waals surface area contributed by atoms with Crippen molar-refractivity contribution in [2.75, 3.05) is 5.32 Å². The maximum Gasteiger partial charge on any atom is 0.187 e. The molecule has 1 N–H and O–H groups in total. The molecule has 0 aliphatic heterocycles. The molecule has 22 heavy (non-hydrogen) atoms. The molecule has 0 saturated carbocycles. The molecule has 0 bridgehead atoms. The highest BCUT2D eigenvalue weighted by Gasteiger charge is 2.04. The first kappa shape index (κ1) is 16.2. The number of hydrogen-bond acceptors (Lipinski definition) is 2. The zero-order valence-corrected chi connectivity index (χ0v) is 13.2. The van der Waals surface area contributed by atoms with Gasteiger partial charge in [0.15, 0.2) is 5.78 Å². The Morgan fingerprint density at radius 3 is 2.45 bits per heavy atom. The minimum atomic E-state index is -0.467. The van der Waals surface area contributed by atoms with Crippen molar-refractivity contribution in [2.24, 2.45) is 0 Å². The largest absolute Gasteiger partial charge is 0.359 e. The van der Waals surface area contributed by atoms with Crippen molar-refractivity contribution in [3.63, 3.8) is 0 Å². The summed E-state index contributed by atoms with van der Waals surface area (Å²) in [4.78, 5) is 12.0.